The van der Waals surface area contributed by atoms with Gasteiger partial charge in [-0.15, -0.1) is 11.3 Å². The van der Waals surface area contributed by atoms with E-state index in [4.69, 9.17) is 0 Å². The predicted molar refractivity (Wildman–Crippen MR) is 63.6 cm³/mol. The van der Waals surface area contributed by atoms with Gasteiger partial charge in [-0.2, -0.15) is 18.3 Å². The molecule has 0 aromatic carbocycles. The Hall–Kier alpha value is -1.15. The van der Waals surface area contributed by atoms with Gasteiger partial charge in [-0.05, 0) is 34.1 Å². The molecule has 0 atom stereocenters. The number of alkyl halides is 3. The van der Waals surface area contributed by atoms with E-state index in [9.17, 15) is 18.0 Å². The molecule has 2 heterocycles. The van der Waals surface area contributed by atoms with Crippen molar-refractivity contribution in [3.05, 3.63) is 38.8 Å². The number of carbonyl (C=O) groups is 1. The van der Waals surface area contributed by atoms with Crippen LogP contribution < -0.4 is 0 Å². The number of carbonyl (C=O) groups excluding carboxylic acids is 1. The fourth-order valence-electron chi connectivity index (χ4n) is 1.29. The molecule has 0 fully saturated rings. The van der Waals surface area contributed by atoms with Crippen molar-refractivity contribution >= 4 is 33.0 Å². The second kappa shape index (κ2) is 4.85. The third-order valence-electron chi connectivity index (χ3n) is 2.08. The van der Waals surface area contributed by atoms with E-state index in [1.165, 1.54) is 11.3 Å². The van der Waals surface area contributed by atoms with Crippen molar-refractivity contribution in [3.8, 4) is 0 Å². The molecule has 0 aliphatic rings. The van der Waals surface area contributed by atoms with Gasteiger partial charge in [-0.25, -0.2) is 0 Å². The number of hydrogen-bond donors (Lipinski definition) is 0. The molecule has 0 unspecified atom stereocenters. The summed E-state index contributed by atoms with van der Waals surface area (Å²) in [5.74, 6) is -0.275. The van der Waals surface area contributed by atoms with E-state index in [1.54, 1.807) is 12.1 Å². The van der Waals surface area contributed by atoms with Crippen LogP contribution in [0.2, 0.25) is 0 Å². The third-order valence-corrected chi connectivity index (χ3v) is 3.75. The van der Waals surface area contributed by atoms with Crippen LogP contribution in [0.25, 0.3) is 0 Å². The van der Waals surface area contributed by atoms with Gasteiger partial charge in [0, 0.05) is 6.20 Å². The first kappa shape index (κ1) is 13.3. The fraction of sp³-hybridized carbons (Fsp3) is 0.200. The van der Waals surface area contributed by atoms with Crippen molar-refractivity contribution in [2.75, 3.05) is 0 Å². The lowest BCUT2D eigenvalue weighted by Crippen LogP contribution is -2.12. The molecule has 0 amide bonds. The highest BCUT2D eigenvalue weighted by molar-refractivity contribution is 9.11. The maximum Gasteiger partial charge on any atom is 0.435 e. The van der Waals surface area contributed by atoms with Gasteiger partial charge in [0.25, 0.3) is 0 Å². The Bertz CT molecular complexity index is 576. The summed E-state index contributed by atoms with van der Waals surface area (Å²) in [4.78, 5) is 12.2. The average molecular weight is 339 g/mol. The summed E-state index contributed by atoms with van der Waals surface area (Å²) in [6, 6.07) is 4.17. The van der Waals surface area contributed by atoms with E-state index >= 15 is 0 Å². The summed E-state index contributed by atoms with van der Waals surface area (Å²) in [5.41, 5.74) is -0.998. The van der Waals surface area contributed by atoms with E-state index in [-0.39, 0.29) is 12.3 Å². The number of Topliss-reactive ketones (excluding diaryl/α,β-unsaturated/α-hetero) is 1. The molecule has 3 nitrogen and oxygen atoms in total. The van der Waals surface area contributed by atoms with Gasteiger partial charge in [-0.1, -0.05) is 0 Å². The van der Waals surface area contributed by atoms with Crippen LogP contribution >= 0.6 is 27.3 Å². The van der Waals surface area contributed by atoms with Crippen LogP contribution in [0.3, 0.4) is 0 Å². The molecule has 2 rings (SSSR count). The van der Waals surface area contributed by atoms with Crippen LogP contribution in [0.4, 0.5) is 13.2 Å². The first-order valence-electron chi connectivity index (χ1n) is 4.75. The summed E-state index contributed by atoms with van der Waals surface area (Å²) in [6.07, 6.45) is -3.34. The summed E-state index contributed by atoms with van der Waals surface area (Å²) < 4.78 is 38.7. The van der Waals surface area contributed by atoms with Gasteiger partial charge in [0.2, 0.25) is 0 Å². The Morgan fingerprint density at radius 3 is 2.61 bits per heavy atom. The highest BCUT2D eigenvalue weighted by Crippen LogP contribution is 2.27. The standard InChI is InChI=1S/C10H6BrF3N2OS/c11-9-2-1-7(18-9)6(17)5-16-4-3-8(15-16)10(12,13)14/h1-4H,5H2. The van der Waals surface area contributed by atoms with Crippen molar-refractivity contribution < 1.29 is 18.0 Å². The molecule has 0 N–H and O–H groups in total. The number of thiophene rings is 1. The summed E-state index contributed by atoms with van der Waals surface area (Å²) >= 11 is 4.44. The first-order valence-corrected chi connectivity index (χ1v) is 6.36. The van der Waals surface area contributed by atoms with Gasteiger partial charge >= 0.3 is 6.18 Å². The molecular formula is C10H6BrF3N2OS. The van der Waals surface area contributed by atoms with Crippen molar-refractivity contribution in [1.29, 1.82) is 0 Å². The minimum absolute atomic E-state index is 0.205. The van der Waals surface area contributed by atoms with Gasteiger partial charge in [-0.3, -0.25) is 9.48 Å². The van der Waals surface area contributed by atoms with E-state index in [0.717, 1.165) is 20.7 Å². The lowest BCUT2D eigenvalue weighted by Gasteiger charge is -2.01. The molecule has 0 spiro atoms. The van der Waals surface area contributed by atoms with E-state index in [0.29, 0.717) is 4.88 Å². The molecule has 96 valence electrons. The monoisotopic (exact) mass is 338 g/mol. The molecule has 0 saturated carbocycles. The molecule has 2 aromatic rings. The molecule has 0 saturated heterocycles. The maximum absolute atomic E-state index is 12.3. The van der Waals surface area contributed by atoms with E-state index in [2.05, 4.69) is 21.0 Å². The van der Waals surface area contributed by atoms with Crippen LogP contribution in [0, 0.1) is 0 Å². The topological polar surface area (TPSA) is 34.9 Å². The Kier molecular flexibility index (Phi) is 3.58. The second-order valence-corrected chi connectivity index (χ2v) is 5.89. The van der Waals surface area contributed by atoms with E-state index in [1.807, 2.05) is 0 Å². The molecule has 0 bridgehead atoms. The van der Waals surface area contributed by atoms with Crippen molar-refractivity contribution in [1.82, 2.24) is 9.78 Å². The quantitative estimate of drug-likeness (QED) is 0.801. The van der Waals surface area contributed by atoms with Crippen LogP contribution in [0.1, 0.15) is 15.4 Å². The average Bonchev–Trinajstić information content (AvgIpc) is 2.85. The van der Waals surface area contributed by atoms with Crippen molar-refractivity contribution in [2.45, 2.75) is 12.7 Å². The molecular weight excluding hydrogens is 333 g/mol. The SMILES string of the molecule is O=C(Cn1ccc(C(F)(F)F)n1)c1ccc(Br)s1. The Balaban J connectivity index is 2.10. The lowest BCUT2D eigenvalue weighted by atomic mass is 10.3. The van der Waals surface area contributed by atoms with Gasteiger partial charge < -0.3 is 0 Å². The smallest absolute Gasteiger partial charge is 0.291 e. The largest absolute Gasteiger partial charge is 0.435 e. The van der Waals surface area contributed by atoms with Gasteiger partial charge in [0.15, 0.2) is 11.5 Å². The van der Waals surface area contributed by atoms with E-state index < -0.39 is 11.9 Å². The third kappa shape index (κ3) is 2.99. The predicted octanol–water partition coefficient (Wildman–Crippen LogP) is 3.61. The molecule has 18 heavy (non-hydrogen) atoms. The zero-order chi connectivity index (χ0) is 13.3. The lowest BCUT2D eigenvalue weighted by molar-refractivity contribution is -0.141. The number of rotatable bonds is 3. The van der Waals surface area contributed by atoms with Crippen molar-refractivity contribution in [3.63, 3.8) is 0 Å². The highest BCUT2D eigenvalue weighted by Gasteiger charge is 2.33. The molecule has 0 radical (unpaired) electrons. The summed E-state index contributed by atoms with van der Waals surface area (Å²) in [5, 5.41) is 3.32. The number of halogens is 4. The fourth-order valence-corrected chi connectivity index (χ4v) is 2.61. The second-order valence-electron chi connectivity index (χ2n) is 3.42. The van der Waals surface area contributed by atoms with Crippen LogP contribution in [0.5, 0.6) is 0 Å². The zero-order valence-corrected chi connectivity index (χ0v) is 11.1. The highest BCUT2D eigenvalue weighted by atomic mass is 79.9. The van der Waals surface area contributed by atoms with Crippen LogP contribution in [-0.4, -0.2) is 15.6 Å². The number of hydrogen-bond acceptors (Lipinski definition) is 3. The van der Waals surface area contributed by atoms with Gasteiger partial charge in [0.1, 0.15) is 6.54 Å². The molecule has 0 aliphatic heterocycles. The first-order chi connectivity index (χ1) is 8.36. The minimum Gasteiger partial charge on any atom is -0.291 e. The Labute approximate surface area is 112 Å². The molecule has 0 aliphatic carbocycles. The molecule has 8 heteroatoms. The van der Waals surface area contributed by atoms with Gasteiger partial charge in [0.05, 0.1) is 8.66 Å². The zero-order valence-electron chi connectivity index (χ0n) is 8.74. The summed E-state index contributed by atoms with van der Waals surface area (Å²) in [7, 11) is 0. The van der Waals surface area contributed by atoms with Crippen LogP contribution in [0.15, 0.2) is 28.2 Å². The van der Waals surface area contributed by atoms with Crippen molar-refractivity contribution in [2.24, 2.45) is 0 Å². The normalized spacial score (nSPS) is 11.8. The minimum atomic E-state index is -4.49. The molecule has 2 aromatic heterocycles. The summed E-state index contributed by atoms with van der Waals surface area (Å²) in [6.45, 7) is -0.205. The number of nitrogens with zero attached hydrogens (tertiary/aromatic N) is 2. The number of ketones is 1. The Morgan fingerprint density at radius 2 is 2.11 bits per heavy atom. The maximum atomic E-state index is 12.3. The van der Waals surface area contributed by atoms with Crippen LogP contribution in [-0.2, 0) is 12.7 Å². The Morgan fingerprint density at radius 1 is 1.39 bits per heavy atom. The number of aromatic nitrogens is 2.